The number of halogens is 1. The summed E-state index contributed by atoms with van der Waals surface area (Å²) in [4.78, 5) is 19.6. The molecule has 3 aromatic rings. The van der Waals surface area contributed by atoms with E-state index in [0.29, 0.717) is 27.0 Å². The first-order chi connectivity index (χ1) is 12.5. The van der Waals surface area contributed by atoms with E-state index in [2.05, 4.69) is 4.98 Å². The molecule has 4 nitrogen and oxygen atoms in total. The van der Waals surface area contributed by atoms with Crippen molar-refractivity contribution in [2.24, 2.45) is 0 Å². The van der Waals surface area contributed by atoms with Crippen molar-refractivity contribution in [3.63, 3.8) is 0 Å². The maximum absolute atomic E-state index is 13.1. The smallest absolute Gasteiger partial charge is 0.270 e. The van der Waals surface area contributed by atoms with Crippen LogP contribution in [-0.2, 0) is 6.54 Å². The van der Waals surface area contributed by atoms with E-state index in [0.717, 1.165) is 28.2 Å². The Labute approximate surface area is 162 Å². The zero-order valence-corrected chi connectivity index (χ0v) is 16.0. The highest BCUT2D eigenvalue weighted by Crippen LogP contribution is 2.32. The van der Waals surface area contributed by atoms with E-state index < -0.39 is 0 Å². The van der Waals surface area contributed by atoms with Gasteiger partial charge >= 0.3 is 0 Å². The third-order valence-corrected chi connectivity index (χ3v) is 5.06. The van der Waals surface area contributed by atoms with Crippen LogP contribution in [0.15, 0.2) is 48.7 Å². The lowest BCUT2D eigenvalue weighted by molar-refractivity contribution is 0.0988. The molecule has 0 aliphatic rings. The summed E-state index contributed by atoms with van der Waals surface area (Å²) in [5.74, 6) is 0.571. The quantitative estimate of drug-likeness (QED) is 0.631. The molecule has 2 aromatic carbocycles. The Kier molecular flexibility index (Phi) is 5.64. The molecule has 0 unspecified atom stereocenters. The summed E-state index contributed by atoms with van der Waals surface area (Å²) in [6.07, 6.45) is 1.50. The molecular formula is C19H16BClN2O2S. The fraction of sp³-hybridized carbons (Fsp3) is 0.158. The summed E-state index contributed by atoms with van der Waals surface area (Å²) in [5, 5.41) is 0.518. The minimum atomic E-state index is -0.189. The first kappa shape index (κ1) is 18.5. The maximum atomic E-state index is 13.1. The van der Waals surface area contributed by atoms with Crippen molar-refractivity contribution in [1.29, 1.82) is 0 Å². The molecule has 0 aliphatic heterocycles. The average molecular weight is 383 g/mol. The predicted molar refractivity (Wildman–Crippen MR) is 107 cm³/mol. The number of carbonyl (C=O) groups excluding carboxylic acids is 1. The van der Waals surface area contributed by atoms with Crippen LogP contribution in [0.25, 0.3) is 0 Å². The van der Waals surface area contributed by atoms with Gasteiger partial charge in [0, 0.05) is 11.1 Å². The van der Waals surface area contributed by atoms with E-state index in [1.54, 1.807) is 18.1 Å². The van der Waals surface area contributed by atoms with Crippen molar-refractivity contribution in [2.45, 2.75) is 13.5 Å². The standard InChI is InChI=1S/C19H16BClN2O2S/c1-12-4-3-5-15(21)17(12)23(18(24)16-10-22-19(20)26-16)11-13-6-8-14(25-2)9-7-13/h3-10H,11H2,1-2H3. The normalized spacial score (nSPS) is 10.6. The van der Waals surface area contributed by atoms with Crippen LogP contribution in [0.4, 0.5) is 5.69 Å². The minimum absolute atomic E-state index is 0.189. The van der Waals surface area contributed by atoms with Gasteiger partial charge in [0.25, 0.3) is 5.91 Å². The number of ether oxygens (including phenoxy) is 1. The van der Waals surface area contributed by atoms with Crippen LogP contribution in [0.1, 0.15) is 20.8 Å². The van der Waals surface area contributed by atoms with Crippen LogP contribution in [0.3, 0.4) is 0 Å². The van der Waals surface area contributed by atoms with E-state index in [4.69, 9.17) is 24.2 Å². The minimum Gasteiger partial charge on any atom is -0.497 e. The number of anilines is 1. The predicted octanol–water partition coefficient (Wildman–Crippen LogP) is 3.75. The Hall–Kier alpha value is -2.31. The van der Waals surface area contributed by atoms with Gasteiger partial charge in [0.05, 0.1) is 24.4 Å². The molecule has 0 saturated carbocycles. The summed E-state index contributed by atoms with van der Waals surface area (Å²) >= 11 is 7.58. The summed E-state index contributed by atoms with van der Waals surface area (Å²) in [6.45, 7) is 2.29. The molecule has 7 heteroatoms. The molecular weight excluding hydrogens is 367 g/mol. The summed E-state index contributed by atoms with van der Waals surface area (Å²) < 4.78 is 5.19. The van der Waals surface area contributed by atoms with Gasteiger partial charge in [-0.1, -0.05) is 35.9 Å². The Morgan fingerprint density at radius 1 is 1.27 bits per heavy atom. The number of rotatable bonds is 5. The number of carbonyl (C=O) groups is 1. The molecule has 0 aliphatic carbocycles. The Morgan fingerprint density at radius 2 is 2.00 bits per heavy atom. The third-order valence-electron chi connectivity index (χ3n) is 3.94. The van der Waals surface area contributed by atoms with Gasteiger partial charge < -0.3 is 9.64 Å². The van der Waals surface area contributed by atoms with Crippen LogP contribution in [0.2, 0.25) is 5.02 Å². The van der Waals surface area contributed by atoms with Gasteiger partial charge in [0.15, 0.2) is 7.85 Å². The Morgan fingerprint density at radius 3 is 2.58 bits per heavy atom. The first-order valence-corrected chi connectivity index (χ1v) is 9.10. The number of aryl methyl sites for hydroxylation is 1. The molecule has 3 rings (SSSR count). The summed E-state index contributed by atoms with van der Waals surface area (Å²) in [5.41, 5.74) is 2.55. The Balaban J connectivity index is 2.02. The molecule has 0 bridgehead atoms. The molecule has 0 fully saturated rings. The number of hydrogen-bond donors (Lipinski definition) is 0. The molecule has 0 saturated heterocycles. The number of nitrogens with zero attached hydrogens (tertiary/aromatic N) is 2. The summed E-state index contributed by atoms with van der Waals surface area (Å²) in [6, 6.07) is 13.1. The van der Waals surface area contributed by atoms with Gasteiger partial charge in [0.2, 0.25) is 0 Å². The number of amides is 1. The second kappa shape index (κ2) is 7.93. The first-order valence-electron chi connectivity index (χ1n) is 7.91. The molecule has 26 heavy (non-hydrogen) atoms. The van der Waals surface area contributed by atoms with Gasteiger partial charge in [0.1, 0.15) is 10.6 Å². The lowest BCUT2D eigenvalue weighted by atomic mass is 10.1. The van der Waals surface area contributed by atoms with Crippen LogP contribution in [0.5, 0.6) is 5.75 Å². The maximum Gasteiger partial charge on any atom is 0.270 e. The van der Waals surface area contributed by atoms with Gasteiger partial charge in [-0.2, -0.15) is 0 Å². The molecule has 0 atom stereocenters. The SMILES string of the molecule is [B]c1ncc(C(=O)N(Cc2ccc(OC)cc2)c2c(C)cccc2Cl)s1. The van der Waals surface area contributed by atoms with Crippen molar-refractivity contribution >= 4 is 47.3 Å². The second-order valence-corrected chi connectivity index (χ2v) is 7.18. The molecule has 1 heterocycles. The fourth-order valence-electron chi connectivity index (χ4n) is 2.65. The van der Waals surface area contributed by atoms with Crippen LogP contribution < -0.4 is 14.5 Å². The van der Waals surface area contributed by atoms with Gasteiger partial charge in [-0.05, 0) is 36.2 Å². The highest BCUT2D eigenvalue weighted by molar-refractivity contribution is 7.21. The number of thiazole rings is 1. The second-order valence-electron chi connectivity index (χ2n) is 5.71. The van der Waals surface area contributed by atoms with E-state index in [9.17, 15) is 4.79 Å². The number of aromatic nitrogens is 1. The van der Waals surface area contributed by atoms with E-state index in [-0.39, 0.29) is 5.91 Å². The molecule has 130 valence electrons. The van der Waals surface area contributed by atoms with Gasteiger partial charge in [-0.3, -0.25) is 9.78 Å². The van der Waals surface area contributed by atoms with Crippen molar-refractivity contribution in [1.82, 2.24) is 4.98 Å². The third kappa shape index (κ3) is 3.92. The van der Waals surface area contributed by atoms with Crippen molar-refractivity contribution in [3.05, 3.63) is 69.7 Å². The van der Waals surface area contributed by atoms with E-state index in [1.165, 1.54) is 6.20 Å². The Bertz CT molecular complexity index is 907. The highest BCUT2D eigenvalue weighted by atomic mass is 35.5. The van der Waals surface area contributed by atoms with E-state index >= 15 is 0 Å². The molecule has 1 amide bonds. The number of para-hydroxylation sites is 1. The molecule has 0 N–H and O–H groups in total. The summed E-state index contributed by atoms with van der Waals surface area (Å²) in [7, 11) is 7.31. The van der Waals surface area contributed by atoms with Crippen LogP contribution in [0, 0.1) is 6.92 Å². The largest absolute Gasteiger partial charge is 0.497 e. The van der Waals surface area contributed by atoms with Crippen molar-refractivity contribution in [2.75, 3.05) is 12.0 Å². The van der Waals surface area contributed by atoms with Crippen molar-refractivity contribution < 1.29 is 9.53 Å². The monoisotopic (exact) mass is 382 g/mol. The molecule has 2 radical (unpaired) electrons. The van der Waals surface area contributed by atoms with Crippen LogP contribution >= 0.6 is 22.9 Å². The number of benzene rings is 2. The zero-order valence-electron chi connectivity index (χ0n) is 14.4. The highest BCUT2D eigenvalue weighted by Gasteiger charge is 2.23. The number of methoxy groups -OCH3 is 1. The van der Waals surface area contributed by atoms with Crippen LogP contribution in [-0.4, -0.2) is 25.8 Å². The van der Waals surface area contributed by atoms with Crippen molar-refractivity contribution in [3.8, 4) is 5.75 Å². The lowest BCUT2D eigenvalue weighted by Gasteiger charge is -2.25. The average Bonchev–Trinajstić information content (AvgIpc) is 3.07. The molecule has 0 spiro atoms. The van der Waals surface area contributed by atoms with E-state index in [1.807, 2.05) is 43.3 Å². The molecule has 1 aromatic heterocycles. The number of hydrogen-bond acceptors (Lipinski definition) is 4. The zero-order chi connectivity index (χ0) is 18.7. The van der Waals surface area contributed by atoms with Gasteiger partial charge in [-0.25, -0.2) is 0 Å². The fourth-order valence-corrected chi connectivity index (χ4v) is 3.61. The van der Waals surface area contributed by atoms with Gasteiger partial charge in [-0.15, -0.1) is 11.3 Å². The topological polar surface area (TPSA) is 42.4 Å². The lowest BCUT2D eigenvalue weighted by Crippen LogP contribution is -2.30.